The van der Waals surface area contributed by atoms with Crippen molar-refractivity contribution in [1.29, 1.82) is 0 Å². The van der Waals surface area contributed by atoms with E-state index < -0.39 is 0 Å². The predicted octanol–water partition coefficient (Wildman–Crippen LogP) is 5.78. The second-order valence-corrected chi connectivity index (χ2v) is 9.31. The standard InChI is InChI=1S/C28H28ClN5O3/c1-19(35)34(22-7-4-8-22)14-15-36-26-10-5-9-24-27(26)28(32-18-31-24)33-20-11-12-25(23(29)16-20)37-17-21-6-2-3-13-30-21/h2-3,5-6,9-13,16,18,22H,4,7-8,14-15,17H2,1H3,(H,31,32,33). The number of amides is 1. The van der Waals surface area contributed by atoms with Crippen molar-refractivity contribution in [1.82, 2.24) is 19.9 Å². The van der Waals surface area contributed by atoms with Crippen molar-refractivity contribution in [2.45, 2.75) is 38.8 Å². The summed E-state index contributed by atoms with van der Waals surface area (Å²) in [6.45, 7) is 2.87. The molecule has 0 aliphatic heterocycles. The average Bonchev–Trinajstić information content (AvgIpc) is 2.87. The first-order valence-electron chi connectivity index (χ1n) is 12.3. The van der Waals surface area contributed by atoms with Crippen molar-refractivity contribution in [3.8, 4) is 11.5 Å². The van der Waals surface area contributed by atoms with Crippen LogP contribution in [0.2, 0.25) is 5.02 Å². The van der Waals surface area contributed by atoms with Gasteiger partial charge in [0.25, 0.3) is 0 Å². The van der Waals surface area contributed by atoms with Crippen LogP contribution in [-0.4, -0.2) is 45.0 Å². The molecule has 2 aromatic heterocycles. The lowest BCUT2D eigenvalue weighted by atomic mass is 9.91. The Kier molecular flexibility index (Phi) is 7.65. The number of nitrogens with zero attached hydrogens (tertiary/aromatic N) is 4. The van der Waals surface area contributed by atoms with Crippen molar-refractivity contribution in [2.24, 2.45) is 0 Å². The Labute approximate surface area is 220 Å². The summed E-state index contributed by atoms with van der Waals surface area (Å²) in [5, 5.41) is 4.56. The maximum absolute atomic E-state index is 12.1. The Balaban J connectivity index is 1.30. The fraction of sp³-hybridized carbons (Fsp3) is 0.286. The van der Waals surface area contributed by atoms with Gasteiger partial charge in [0.15, 0.2) is 0 Å². The summed E-state index contributed by atoms with van der Waals surface area (Å²) in [5.74, 6) is 1.90. The third-order valence-electron chi connectivity index (χ3n) is 6.43. The Morgan fingerprint density at radius 3 is 2.68 bits per heavy atom. The average molecular weight is 518 g/mol. The Morgan fingerprint density at radius 2 is 1.95 bits per heavy atom. The van der Waals surface area contributed by atoms with E-state index in [9.17, 15) is 4.79 Å². The third-order valence-corrected chi connectivity index (χ3v) is 6.73. The van der Waals surface area contributed by atoms with Crippen LogP contribution in [-0.2, 0) is 11.4 Å². The van der Waals surface area contributed by atoms with Crippen LogP contribution in [0.25, 0.3) is 10.9 Å². The minimum Gasteiger partial charge on any atom is -0.491 e. The van der Waals surface area contributed by atoms with Crippen molar-refractivity contribution >= 4 is 39.9 Å². The number of rotatable bonds is 10. The van der Waals surface area contributed by atoms with E-state index in [4.69, 9.17) is 21.1 Å². The number of halogens is 1. The number of ether oxygens (including phenoxy) is 2. The monoisotopic (exact) mass is 517 g/mol. The fourth-order valence-corrected chi connectivity index (χ4v) is 4.55. The summed E-state index contributed by atoms with van der Waals surface area (Å²) in [4.78, 5) is 27.1. The van der Waals surface area contributed by atoms with E-state index >= 15 is 0 Å². The Bertz CT molecular complexity index is 1380. The molecule has 0 saturated heterocycles. The van der Waals surface area contributed by atoms with Crippen LogP contribution in [0.3, 0.4) is 0 Å². The number of hydrogen-bond acceptors (Lipinski definition) is 7. The molecule has 0 spiro atoms. The van der Waals surface area contributed by atoms with Crippen molar-refractivity contribution in [3.63, 3.8) is 0 Å². The number of pyridine rings is 1. The number of benzene rings is 2. The van der Waals surface area contributed by atoms with Gasteiger partial charge in [-0.15, -0.1) is 0 Å². The Morgan fingerprint density at radius 1 is 1.05 bits per heavy atom. The van der Waals surface area contributed by atoms with Crippen LogP contribution in [0.5, 0.6) is 11.5 Å². The van der Waals surface area contributed by atoms with Gasteiger partial charge in [-0.1, -0.05) is 23.7 Å². The molecule has 0 radical (unpaired) electrons. The molecule has 0 atom stereocenters. The summed E-state index contributed by atoms with van der Waals surface area (Å²) in [7, 11) is 0. The van der Waals surface area contributed by atoms with Crippen molar-refractivity contribution in [2.75, 3.05) is 18.5 Å². The van der Waals surface area contributed by atoms with E-state index in [1.54, 1.807) is 19.2 Å². The molecule has 1 N–H and O–H groups in total. The van der Waals surface area contributed by atoms with E-state index in [1.165, 1.54) is 12.7 Å². The van der Waals surface area contributed by atoms with Crippen LogP contribution in [0, 0.1) is 0 Å². The van der Waals surface area contributed by atoms with Gasteiger partial charge >= 0.3 is 0 Å². The molecule has 5 rings (SSSR count). The summed E-state index contributed by atoms with van der Waals surface area (Å²) >= 11 is 6.50. The second-order valence-electron chi connectivity index (χ2n) is 8.90. The lowest BCUT2D eigenvalue weighted by Gasteiger charge is -2.36. The number of hydrogen-bond donors (Lipinski definition) is 1. The van der Waals surface area contributed by atoms with Gasteiger partial charge in [0.2, 0.25) is 5.91 Å². The third kappa shape index (κ3) is 5.91. The lowest BCUT2D eigenvalue weighted by Crippen LogP contribution is -2.45. The topological polar surface area (TPSA) is 89.5 Å². The molecule has 1 aliphatic rings. The Hall–Kier alpha value is -3.91. The predicted molar refractivity (Wildman–Crippen MR) is 143 cm³/mol. The van der Waals surface area contributed by atoms with E-state index in [-0.39, 0.29) is 5.91 Å². The maximum atomic E-state index is 12.1. The van der Waals surface area contributed by atoms with Gasteiger partial charge in [0.1, 0.15) is 36.9 Å². The first-order chi connectivity index (χ1) is 18.1. The van der Waals surface area contributed by atoms with Crippen molar-refractivity contribution < 1.29 is 14.3 Å². The molecule has 0 unspecified atom stereocenters. The van der Waals surface area contributed by atoms with E-state index in [2.05, 4.69) is 20.3 Å². The number of aromatic nitrogens is 3. The van der Waals surface area contributed by atoms with Gasteiger partial charge in [-0.05, 0) is 61.7 Å². The highest BCUT2D eigenvalue weighted by Gasteiger charge is 2.26. The number of nitrogens with one attached hydrogen (secondary N) is 1. The molecule has 9 heteroatoms. The summed E-state index contributed by atoms with van der Waals surface area (Å²) in [5.41, 5.74) is 2.32. The van der Waals surface area contributed by atoms with Gasteiger partial charge in [-0.25, -0.2) is 9.97 Å². The van der Waals surface area contributed by atoms with E-state index in [0.717, 1.165) is 35.1 Å². The molecule has 37 heavy (non-hydrogen) atoms. The van der Waals surface area contributed by atoms with E-state index in [0.29, 0.717) is 48.1 Å². The van der Waals surface area contributed by atoms with Gasteiger partial charge in [0.05, 0.1) is 28.2 Å². The lowest BCUT2D eigenvalue weighted by molar-refractivity contribution is -0.133. The molecule has 190 valence electrons. The molecule has 1 amide bonds. The SMILES string of the molecule is CC(=O)N(CCOc1cccc2ncnc(Nc3ccc(OCc4ccccn4)c(Cl)c3)c12)C1CCC1. The van der Waals surface area contributed by atoms with Gasteiger partial charge in [-0.3, -0.25) is 9.78 Å². The molecule has 2 heterocycles. The molecular weight excluding hydrogens is 490 g/mol. The maximum Gasteiger partial charge on any atom is 0.219 e. The number of carbonyl (C=O) groups is 1. The first-order valence-corrected chi connectivity index (χ1v) is 12.7. The number of carbonyl (C=O) groups excluding carboxylic acids is 1. The van der Waals surface area contributed by atoms with Crippen LogP contribution in [0.4, 0.5) is 11.5 Å². The largest absolute Gasteiger partial charge is 0.491 e. The summed E-state index contributed by atoms with van der Waals surface area (Å²) in [6, 6.07) is 17.2. The van der Waals surface area contributed by atoms with Gasteiger partial charge < -0.3 is 19.7 Å². The zero-order valence-electron chi connectivity index (χ0n) is 20.6. The smallest absolute Gasteiger partial charge is 0.219 e. The molecule has 1 fully saturated rings. The molecule has 1 aliphatic carbocycles. The van der Waals surface area contributed by atoms with Crippen LogP contribution in [0.1, 0.15) is 31.9 Å². The van der Waals surface area contributed by atoms with Gasteiger partial charge in [-0.2, -0.15) is 0 Å². The molecule has 2 aromatic carbocycles. The summed E-state index contributed by atoms with van der Waals surface area (Å²) < 4.78 is 12.0. The number of fused-ring (bicyclic) bond motifs is 1. The zero-order chi connectivity index (χ0) is 25.6. The fourth-order valence-electron chi connectivity index (χ4n) is 4.31. The minimum atomic E-state index is 0.0845. The normalized spacial score (nSPS) is 13.1. The first kappa shape index (κ1) is 24.8. The van der Waals surface area contributed by atoms with Crippen molar-refractivity contribution in [3.05, 3.63) is 77.8 Å². The van der Waals surface area contributed by atoms with Crippen LogP contribution >= 0.6 is 11.6 Å². The number of anilines is 2. The molecule has 8 nitrogen and oxygen atoms in total. The second kappa shape index (κ2) is 11.4. The molecule has 0 bridgehead atoms. The van der Waals surface area contributed by atoms with Crippen LogP contribution in [0.15, 0.2) is 67.1 Å². The highest BCUT2D eigenvalue weighted by Crippen LogP contribution is 2.34. The minimum absolute atomic E-state index is 0.0845. The zero-order valence-corrected chi connectivity index (χ0v) is 21.3. The highest BCUT2D eigenvalue weighted by atomic mass is 35.5. The quantitative estimate of drug-likeness (QED) is 0.285. The van der Waals surface area contributed by atoms with Gasteiger partial charge in [0, 0.05) is 24.8 Å². The molecule has 4 aromatic rings. The van der Waals surface area contributed by atoms with Crippen LogP contribution < -0.4 is 14.8 Å². The summed E-state index contributed by atoms with van der Waals surface area (Å²) in [6.07, 6.45) is 6.53. The van der Waals surface area contributed by atoms with E-state index in [1.807, 2.05) is 53.4 Å². The molecular formula is C28H28ClN5O3. The highest BCUT2D eigenvalue weighted by molar-refractivity contribution is 6.32. The molecule has 1 saturated carbocycles.